The van der Waals surface area contributed by atoms with Gasteiger partial charge in [0, 0.05) is 43.4 Å². The van der Waals surface area contributed by atoms with E-state index in [0.717, 1.165) is 43.5 Å². The fraction of sp³-hybridized carbons (Fsp3) is 0.647. The second kappa shape index (κ2) is 6.82. The molecule has 130 valence electrons. The van der Waals surface area contributed by atoms with Crippen LogP contribution in [0.5, 0.6) is 0 Å². The molecule has 0 N–H and O–H groups in total. The Bertz CT molecular complexity index is 682. The summed E-state index contributed by atoms with van der Waals surface area (Å²) < 4.78 is 7.77. The van der Waals surface area contributed by atoms with Crippen molar-refractivity contribution in [3.05, 3.63) is 23.5 Å². The lowest BCUT2D eigenvalue weighted by atomic mass is 10.0. The fourth-order valence-electron chi connectivity index (χ4n) is 3.87. The monoisotopic (exact) mass is 348 g/mol. The van der Waals surface area contributed by atoms with Crippen LogP contribution >= 0.6 is 11.3 Å². The first kappa shape index (κ1) is 16.1. The van der Waals surface area contributed by atoms with E-state index in [2.05, 4.69) is 16.8 Å². The number of nitrogens with zero attached hydrogens (tertiary/aromatic N) is 4. The minimum absolute atomic E-state index is 0.179. The minimum atomic E-state index is 0.179. The summed E-state index contributed by atoms with van der Waals surface area (Å²) in [5.41, 5.74) is 0.859. The summed E-state index contributed by atoms with van der Waals surface area (Å²) in [5, 5.41) is 2.00. The summed E-state index contributed by atoms with van der Waals surface area (Å²) in [7, 11) is 0. The maximum absolute atomic E-state index is 12.7. The van der Waals surface area contributed by atoms with Gasteiger partial charge in [0.1, 0.15) is 0 Å². The molecule has 0 aromatic carbocycles. The van der Waals surface area contributed by atoms with Gasteiger partial charge in [-0.05, 0) is 6.42 Å². The van der Waals surface area contributed by atoms with Crippen LogP contribution in [0.3, 0.4) is 0 Å². The second-order valence-electron chi connectivity index (χ2n) is 6.71. The number of fused-ring (bicyclic) bond motifs is 2. The predicted molar refractivity (Wildman–Crippen MR) is 93.4 cm³/mol. The minimum Gasteiger partial charge on any atom is -0.378 e. The highest BCUT2D eigenvalue weighted by molar-refractivity contribution is 7.15. The molecule has 2 aromatic heterocycles. The maximum Gasteiger partial charge on any atom is 0.228 e. The molecule has 1 amide bonds. The molecule has 0 spiro atoms. The van der Waals surface area contributed by atoms with Crippen molar-refractivity contribution in [2.75, 3.05) is 32.8 Å². The Kier molecular flexibility index (Phi) is 4.56. The molecule has 0 saturated carbocycles. The molecule has 2 fully saturated rings. The summed E-state index contributed by atoms with van der Waals surface area (Å²) in [5.74, 6) is 0.179. The van der Waals surface area contributed by atoms with Gasteiger partial charge in [0.2, 0.25) is 5.91 Å². The van der Waals surface area contributed by atoms with Crippen molar-refractivity contribution in [3.8, 4) is 0 Å². The van der Waals surface area contributed by atoms with Crippen molar-refractivity contribution in [1.82, 2.24) is 19.2 Å². The van der Waals surface area contributed by atoms with Gasteiger partial charge in [0.15, 0.2) is 4.96 Å². The van der Waals surface area contributed by atoms with Gasteiger partial charge in [0.25, 0.3) is 0 Å². The Morgan fingerprint density at radius 3 is 3.17 bits per heavy atom. The summed E-state index contributed by atoms with van der Waals surface area (Å²) in [6.07, 6.45) is 6.68. The molecule has 0 radical (unpaired) electrons. The van der Waals surface area contributed by atoms with E-state index in [1.807, 2.05) is 27.1 Å². The van der Waals surface area contributed by atoms with E-state index in [9.17, 15) is 4.79 Å². The highest BCUT2D eigenvalue weighted by atomic mass is 32.1. The molecular formula is C17H24N4O2S. The first-order valence-corrected chi connectivity index (χ1v) is 9.65. The van der Waals surface area contributed by atoms with Crippen LogP contribution in [0.2, 0.25) is 0 Å². The number of hydrogen-bond acceptors (Lipinski definition) is 5. The number of carbonyl (C=O) groups excluding carboxylic acids is 1. The van der Waals surface area contributed by atoms with E-state index >= 15 is 0 Å². The van der Waals surface area contributed by atoms with Crippen molar-refractivity contribution in [2.24, 2.45) is 0 Å². The number of morpholine rings is 1. The molecular weight excluding hydrogens is 324 g/mol. The molecule has 2 aromatic rings. The van der Waals surface area contributed by atoms with Crippen molar-refractivity contribution in [1.29, 1.82) is 0 Å². The molecule has 6 nitrogen and oxygen atoms in total. The van der Waals surface area contributed by atoms with Crippen LogP contribution < -0.4 is 0 Å². The number of thiazole rings is 1. The SMILES string of the molecule is CCC[C@H]1COC[C@H]2CN(C(=O)Cc3cn4ccsc4n3)CCN12. The summed E-state index contributed by atoms with van der Waals surface area (Å²) in [4.78, 5) is 22.7. The Morgan fingerprint density at radius 1 is 1.42 bits per heavy atom. The summed E-state index contributed by atoms with van der Waals surface area (Å²) in [6.45, 7) is 6.36. The number of amides is 1. The smallest absolute Gasteiger partial charge is 0.228 e. The Hall–Kier alpha value is -1.44. The van der Waals surface area contributed by atoms with Crippen molar-refractivity contribution in [2.45, 2.75) is 38.3 Å². The van der Waals surface area contributed by atoms with Gasteiger partial charge >= 0.3 is 0 Å². The number of ether oxygens (including phenoxy) is 1. The molecule has 2 atom stereocenters. The van der Waals surface area contributed by atoms with Crippen molar-refractivity contribution in [3.63, 3.8) is 0 Å². The standard InChI is InChI=1S/C17H24N4O2S/c1-2-3-14-11-23-12-15-10-19(4-5-21(14)15)16(22)8-13-9-20-6-7-24-17(20)18-13/h6-7,9,14-15H,2-5,8,10-12H2,1H3/t14-,15+/m0/s1. The van der Waals surface area contributed by atoms with E-state index in [1.165, 1.54) is 12.8 Å². The fourth-order valence-corrected chi connectivity index (χ4v) is 4.59. The number of imidazole rings is 1. The first-order chi connectivity index (χ1) is 11.7. The molecule has 2 aliphatic rings. The van der Waals surface area contributed by atoms with Gasteiger partial charge in [-0.2, -0.15) is 0 Å². The lowest BCUT2D eigenvalue weighted by molar-refractivity contribution is -0.139. The van der Waals surface area contributed by atoms with E-state index in [0.29, 0.717) is 18.5 Å². The highest BCUT2D eigenvalue weighted by Crippen LogP contribution is 2.22. The molecule has 24 heavy (non-hydrogen) atoms. The van der Waals surface area contributed by atoms with Gasteiger partial charge in [-0.1, -0.05) is 13.3 Å². The Morgan fingerprint density at radius 2 is 2.33 bits per heavy atom. The zero-order valence-corrected chi connectivity index (χ0v) is 14.9. The lowest BCUT2D eigenvalue weighted by Crippen LogP contribution is -2.62. The third-order valence-corrected chi connectivity index (χ3v) is 5.84. The third-order valence-electron chi connectivity index (χ3n) is 5.07. The van der Waals surface area contributed by atoms with Gasteiger partial charge in [-0.3, -0.25) is 14.1 Å². The highest BCUT2D eigenvalue weighted by Gasteiger charge is 2.36. The van der Waals surface area contributed by atoms with E-state index in [4.69, 9.17) is 4.74 Å². The van der Waals surface area contributed by atoms with Crippen molar-refractivity contribution < 1.29 is 9.53 Å². The average molecular weight is 348 g/mol. The van der Waals surface area contributed by atoms with Crippen LogP contribution in [0, 0.1) is 0 Å². The average Bonchev–Trinajstić information content (AvgIpc) is 3.16. The van der Waals surface area contributed by atoms with Gasteiger partial charge in [0.05, 0.1) is 31.4 Å². The Balaban J connectivity index is 1.38. The number of rotatable bonds is 4. The second-order valence-corrected chi connectivity index (χ2v) is 7.59. The van der Waals surface area contributed by atoms with E-state index in [-0.39, 0.29) is 5.91 Å². The molecule has 4 rings (SSSR count). The number of aromatic nitrogens is 2. The number of piperazine rings is 1. The largest absolute Gasteiger partial charge is 0.378 e. The lowest BCUT2D eigenvalue weighted by Gasteiger charge is -2.48. The molecule has 4 heterocycles. The summed E-state index contributed by atoms with van der Waals surface area (Å²) >= 11 is 1.59. The molecule has 2 aliphatic heterocycles. The molecule has 7 heteroatoms. The first-order valence-electron chi connectivity index (χ1n) is 8.77. The van der Waals surface area contributed by atoms with Crippen molar-refractivity contribution >= 4 is 22.2 Å². The number of carbonyl (C=O) groups is 1. The van der Waals surface area contributed by atoms with E-state index < -0.39 is 0 Å². The topological polar surface area (TPSA) is 50.1 Å². The molecule has 0 bridgehead atoms. The third kappa shape index (κ3) is 3.08. The Labute approximate surface area is 146 Å². The van der Waals surface area contributed by atoms with Gasteiger partial charge in [-0.25, -0.2) is 4.98 Å². The maximum atomic E-state index is 12.7. The normalized spacial score (nSPS) is 25.1. The van der Waals surface area contributed by atoms with Gasteiger partial charge in [-0.15, -0.1) is 11.3 Å². The van der Waals surface area contributed by atoms with Crippen LogP contribution in [0.15, 0.2) is 17.8 Å². The molecule has 0 unspecified atom stereocenters. The zero-order chi connectivity index (χ0) is 16.5. The quantitative estimate of drug-likeness (QED) is 0.843. The van der Waals surface area contributed by atoms with Crippen LogP contribution in [0.1, 0.15) is 25.5 Å². The van der Waals surface area contributed by atoms with Crippen LogP contribution in [-0.4, -0.2) is 70.0 Å². The van der Waals surface area contributed by atoms with Crippen LogP contribution in [-0.2, 0) is 16.0 Å². The van der Waals surface area contributed by atoms with Crippen LogP contribution in [0.25, 0.3) is 4.96 Å². The van der Waals surface area contributed by atoms with Gasteiger partial charge < -0.3 is 9.64 Å². The van der Waals surface area contributed by atoms with Crippen LogP contribution in [0.4, 0.5) is 0 Å². The molecule has 2 saturated heterocycles. The number of hydrogen-bond donors (Lipinski definition) is 0. The summed E-state index contributed by atoms with van der Waals surface area (Å²) in [6, 6.07) is 0.865. The van der Waals surface area contributed by atoms with E-state index in [1.54, 1.807) is 11.3 Å². The molecule has 0 aliphatic carbocycles. The zero-order valence-electron chi connectivity index (χ0n) is 14.1. The predicted octanol–water partition coefficient (Wildman–Crippen LogP) is 1.65.